The molecule has 0 aromatic carbocycles. The van der Waals surface area contributed by atoms with Crippen LogP contribution in [0.25, 0.3) is 0 Å². The lowest BCUT2D eigenvalue weighted by atomic mass is 10.2. The predicted octanol–water partition coefficient (Wildman–Crippen LogP) is 4.97. The quantitative estimate of drug-likeness (QED) is 0.481. The second-order valence-corrected chi connectivity index (χ2v) is 8.78. The third kappa shape index (κ3) is 6.00. The minimum atomic E-state index is -0.953. The highest BCUT2D eigenvalue weighted by molar-refractivity contribution is 9.10. The molecule has 0 aliphatic heterocycles. The Kier molecular flexibility index (Phi) is 6.63. The van der Waals surface area contributed by atoms with Gasteiger partial charge in [0.2, 0.25) is 0 Å². The number of amides is 2. The van der Waals surface area contributed by atoms with Gasteiger partial charge in [-0.25, -0.2) is 14.4 Å². The minimum absolute atomic E-state index is 0.0281. The van der Waals surface area contributed by atoms with Crippen LogP contribution in [0.2, 0.25) is 0 Å². The fourth-order valence-corrected chi connectivity index (χ4v) is 3.26. The van der Waals surface area contributed by atoms with Gasteiger partial charge in [-0.05, 0) is 57.5 Å². The molecule has 1 heterocycles. The molecule has 1 aromatic rings. The first-order valence-corrected chi connectivity index (χ1v) is 9.05. The van der Waals surface area contributed by atoms with Crippen LogP contribution in [0.4, 0.5) is 15.3 Å². The maximum absolute atomic E-state index is 12.6. The molecule has 140 valence electrons. The molecule has 9 heteroatoms. The molecule has 1 rings (SSSR count). The van der Waals surface area contributed by atoms with Crippen molar-refractivity contribution < 1.29 is 28.6 Å². The van der Waals surface area contributed by atoms with Gasteiger partial charge >= 0.3 is 18.2 Å². The summed E-state index contributed by atoms with van der Waals surface area (Å²) in [6, 6.07) is 0. The number of carbonyl (C=O) groups excluding carboxylic acids is 3. The largest absolute Gasteiger partial charge is 0.465 e. The molecule has 0 fully saturated rings. The second-order valence-electron chi connectivity index (χ2n) is 7.05. The Morgan fingerprint density at radius 3 is 1.80 bits per heavy atom. The van der Waals surface area contributed by atoms with Crippen molar-refractivity contribution in [1.29, 1.82) is 0 Å². The molecule has 1 aromatic heterocycles. The van der Waals surface area contributed by atoms with E-state index in [-0.39, 0.29) is 10.6 Å². The number of nitrogens with zero attached hydrogens (tertiary/aromatic N) is 1. The number of ether oxygens (including phenoxy) is 3. The van der Waals surface area contributed by atoms with Gasteiger partial charge in [0.25, 0.3) is 0 Å². The molecule has 0 aliphatic rings. The highest BCUT2D eigenvalue weighted by Gasteiger charge is 2.37. The number of hydrogen-bond acceptors (Lipinski definition) is 7. The number of hydrogen-bond donors (Lipinski definition) is 0. The van der Waals surface area contributed by atoms with E-state index >= 15 is 0 Å². The molecule has 0 radical (unpaired) electrons. The maximum Gasteiger partial charge on any atom is 0.424 e. The first kappa shape index (κ1) is 21.4. The molecule has 2 amide bonds. The summed E-state index contributed by atoms with van der Waals surface area (Å²) in [5, 5.41) is 1.57. The zero-order valence-corrected chi connectivity index (χ0v) is 17.7. The summed E-state index contributed by atoms with van der Waals surface area (Å²) in [4.78, 5) is 38.0. The van der Waals surface area contributed by atoms with Crippen molar-refractivity contribution in [3.63, 3.8) is 0 Å². The summed E-state index contributed by atoms with van der Waals surface area (Å²) in [5.74, 6) is -0.678. The normalized spacial score (nSPS) is 11.7. The number of anilines is 1. The van der Waals surface area contributed by atoms with Crippen LogP contribution in [0.1, 0.15) is 51.2 Å². The molecular formula is C16H22BrNO6S. The first-order valence-electron chi connectivity index (χ1n) is 7.38. The zero-order valence-electron chi connectivity index (χ0n) is 15.3. The van der Waals surface area contributed by atoms with Crippen molar-refractivity contribution in [2.24, 2.45) is 0 Å². The molecule has 0 bridgehead atoms. The molecule has 7 nitrogen and oxygen atoms in total. The summed E-state index contributed by atoms with van der Waals surface area (Å²) >= 11 is 4.29. The monoisotopic (exact) mass is 435 g/mol. The van der Waals surface area contributed by atoms with Gasteiger partial charge in [-0.3, -0.25) is 0 Å². The molecule has 0 saturated carbocycles. The molecule has 0 saturated heterocycles. The first-order chi connectivity index (χ1) is 11.3. The number of imide groups is 1. The highest BCUT2D eigenvalue weighted by Crippen LogP contribution is 2.38. The molecule has 0 N–H and O–H groups in total. The number of carbonyl (C=O) groups is 3. The second kappa shape index (κ2) is 7.74. The number of esters is 1. The van der Waals surface area contributed by atoms with E-state index in [2.05, 4.69) is 15.9 Å². The van der Waals surface area contributed by atoms with Crippen LogP contribution in [0.15, 0.2) is 9.85 Å². The van der Waals surface area contributed by atoms with Gasteiger partial charge in [-0.15, -0.1) is 11.3 Å². The third-order valence-corrected chi connectivity index (χ3v) is 4.32. The number of halogens is 1. The van der Waals surface area contributed by atoms with E-state index in [1.165, 1.54) is 7.11 Å². The number of methoxy groups -OCH3 is 1. The van der Waals surface area contributed by atoms with E-state index < -0.39 is 29.4 Å². The fourth-order valence-electron chi connectivity index (χ4n) is 1.65. The van der Waals surface area contributed by atoms with E-state index in [4.69, 9.17) is 14.2 Å². The van der Waals surface area contributed by atoms with Crippen molar-refractivity contribution in [2.45, 2.75) is 52.7 Å². The summed E-state index contributed by atoms with van der Waals surface area (Å²) in [5.41, 5.74) is -1.66. The fraction of sp³-hybridized carbons (Fsp3) is 0.562. The van der Waals surface area contributed by atoms with Gasteiger partial charge in [0, 0.05) is 5.38 Å². The standard InChI is InChI=1S/C16H22BrNO6S/c1-15(2,3)23-13(20)18(14(21)24-16(4,5)6)10-9(17)8-25-11(10)12(19)22-7/h8H,1-7H3. The Labute approximate surface area is 159 Å². The third-order valence-electron chi connectivity index (χ3n) is 2.47. The van der Waals surface area contributed by atoms with Crippen molar-refractivity contribution in [2.75, 3.05) is 12.0 Å². The van der Waals surface area contributed by atoms with Crippen LogP contribution in [0.5, 0.6) is 0 Å². The Morgan fingerprint density at radius 1 is 1.00 bits per heavy atom. The average molecular weight is 436 g/mol. The number of thiophene rings is 1. The van der Waals surface area contributed by atoms with E-state index in [1.807, 2.05) is 0 Å². The zero-order chi connectivity index (χ0) is 19.6. The molecular weight excluding hydrogens is 414 g/mol. The van der Waals surface area contributed by atoms with Crippen LogP contribution in [0.3, 0.4) is 0 Å². The van der Waals surface area contributed by atoms with Gasteiger partial charge in [0.1, 0.15) is 16.1 Å². The summed E-state index contributed by atoms with van der Waals surface area (Å²) in [6.45, 7) is 10.0. The van der Waals surface area contributed by atoms with Crippen molar-refractivity contribution >= 4 is 51.1 Å². The molecule has 0 spiro atoms. The smallest absolute Gasteiger partial charge is 0.424 e. The lowest BCUT2D eigenvalue weighted by molar-refractivity contribution is 0.0430. The highest BCUT2D eigenvalue weighted by atomic mass is 79.9. The maximum atomic E-state index is 12.6. The van der Waals surface area contributed by atoms with Gasteiger partial charge in [0.15, 0.2) is 0 Å². The van der Waals surface area contributed by atoms with Crippen LogP contribution in [-0.4, -0.2) is 36.5 Å². The molecule has 25 heavy (non-hydrogen) atoms. The van der Waals surface area contributed by atoms with Crippen molar-refractivity contribution in [3.05, 3.63) is 14.7 Å². The van der Waals surface area contributed by atoms with Crippen LogP contribution in [0, 0.1) is 0 Å². The topological polar surface area (TPSA) is 82.1 Å². The molecule has 0 unspecified atom stereocenters. The number of rotatable bonds is 2. The van der Waals surface area contributed by atoms with Gasteiger partial charge in [0.05, 0.1) is 17.3 Å². The van der Waals surface area contributed by atoms with E-state index in [9.17, 15) is 14.4 Å². The lowest BCUT2D eigenvalue weighted by Gasteiger charge is -2.28. The van der Waals surface area contributed by atoms with Crippen LogP contribution >= 0.6 is 27.3 Å². The predicted molar refractivity (Wildman–Crippen MR) is 98.3 cm³/mol. The Morgan fingerprint density at radius 2 is 1.44 bits per heavy atom. The summed E-state index contributed by atoms with van der Waals surface area (Å²) < 4.78 is 15.7. The Hall–Kier alpha value is -1.61. The van der Waals surface area contributed by atoms with Crippen LogP contribution < -0.4 is 4.90 Å². The Bertz CT molecular complexity index is 643. The van der Waals surface area contributed by atoms with Gasteiger partial charge < -0.3 is 14.2 Å². The van der Waals surface area contributed by atoms with Gasteiger partial charge in [-0.1, -0.05) is 0 Å². The lowest BCUT2D eigenvalue weighted by Crippen LogP contribution is -2.44. The molecule has 0 aliphatic carbocycles. The molecule has 0 atom stereocenters. The van der Waals surface area contributed by atoms with Crippen molar-refractivity contribution in [1.82, 2.24) is 0 Å². The van der Waals surface area contributed by atoms with E-state index in [0.29, 0.717) is 9.37 Å². The van der Waals surface area contributed by atoms with Gasteiger partial charge in [-0.2, -0.15) is 4.90 Å². The van der Waals surface area contributed by atoms with E-state index in [0.717, 1.165) is 11.3 Å². The summed E-state index contributed by atoms with van der Waals surface area (Å²) in [6.07, 6.45) is -1.91. The minimum Gasteiger partial charge on any atom is -0.465 e. The average Bonchev–Trinajstić information content (AvgIpc) is 2.76. The Balaban J connectivity index is 3.42. The van der Waals surface area contributed by atoms with Crippen molar-refractivity contribution in [3.8, 4) is 0 Å². The van der Waals surface area contributed by atoms with E-state index in [1.54, 1.807) is 46.9 Å². The summed E-state index contributed by atoms with van der Waals surface area (Å²) in [7, 11) is 1.21. The van der Waals surface area contributed by atoms with Crippen LogP contribution in [-0.2, 0) is 14.2 Å². The SMILES string of the molecule is COC(=O)c1scc(Br)c1N(C(=O)OC(C)(C)C)C(=O)OC(C)(C)C.